The molecule has 0 bridgehead atoms. The van der Waals surface area contributed by atoms with Crippen LogP contribution in [0.25, 0.3) is 0 Å². The fourth-order valence-electron chi connectivity index (χ4n) is 2.22. The Kier molecular flexibility index (Phi) is 3.67. The third-order valence-corrected chi connectivity index (χ3v) is 3.49. The molecule has 104 valence electrons. The second kappa shape index (κ2) is 5.12. The van der Waals surface area contributed by atoms with Gasteiger partial charge < -0.3 is 5.73 Å². The highest BCUT2D eigenvalue weighted by molar-refractivity contribution is 6.10. The molecule has 20 heavy (non-hydrogen) atoms. The number of aryl methyl sites for hydroxylation is 1. The highest BCUT2D eigenvalue weighted by atomic mass is 16.1. The van der Waals surface area contributed by atoms with Crippen LogP contribution in [0.3, 0.4) is 0 Å². The maximum Gasteiger partial charge on any atom is 0.193 e. The lowest BCUT2D eigenvalue weighted by Gasteiger charge is -2.20. The van der Waals surface area contributed by atoms with Crippen molar-refractivity contribution in [3.05, 3.63) is 64.7 Å². The Hall–Kier alpha value is -2.09. The van der Waals surface area contributed by atoms with Gasteiger partial charge in [0.25, 0.3) is 0 Å². The standard InChI is InChI=1S/C18H21NO/c1-12-10-14(18(2,3)4)8-9-16(12)17(20)13-6-5-7-15(19)11-13/h5-11H,19H2,1-4H3. The third kappa shape index (κ3) is 2.90. The number of carbonyl (C=O) groups excluding carboxylic acids is 1. The molecule has 0 spiro atoms. The fourth-order valence-corrected chi connectivity index (χ4v) is 2.22. The van der Waals surface area contributed by atoms with Gasteiger partial charge in [0.05, 0.1) is 0 Å². The average molecular weight is 267 g/mol. The van der Waals surface area contributed by atoms with E-state index < -0.39 is 0 Å². The molecule has 2 nitrogen and oxygen atoms in total. The van der Waals surface area contributed by atoms with Gasteiger partial charge >= 0.3 is 0 Å². The Balaban J connectivity index is 2.41. The summed E-state index contributed by atoms with van der Waals surface area (Å²) in [6.07, 6.45) is 0. The van der Waals surface area contributed by atoms with E-state index in [2.05, 4.69) is 26.8 Å². The number of ketones is 1. The fraction of sp³-hybridized carbons (Fsp3) is 0.278. The molecule has 2 aromatic carbocycles. The maximum absolute atomic E-state index is 12.5. The molecule has 0 amide bonds. The number of rotatable bonds is 2. The average Bonchev–Trinajstić information content (AvgIpc) is 2.36. The second-order valence-corrected chi connectivity index (χ2v) is 6.23. The summed E-state index contributed by atoms with van der Waals surface area (Å²) in [5.74, 6) is 0.0234. The third-order valence-electron chi connectivity index (χ3n) is 3.49. The minimum Gasteiger partial charge on any atom is -0.399 e. The van der Waals surface area contributed by atoms with Crippen molar-refractivity contribution in [2.75, 3.05) is 5.73 Å². The van der Waals surface area contributed by atoms with Gasteiger partial charge in [0.1, 0.15) is 0 Å². The maximum atomic E-state index is 12.5. The van der Waals surface area contributed by atoms with E-state index in [0.29, 0.717) is 11.3 Å². The summed E-state index contributed by atoms with van der Waals surface area (Å²) in [5.41, 5.74) is 10.1. The van der Waals surface area contributed by atoms with E-state index in [1.807, 2.05) is 19.1 Å². The lowest BCUT2D eigenvalue weighted by Crippen LogP contribution is -2.13. The molecule has 0 atom stereocenters. The molecule has 0 saturated carbocycles. The Morgan fingerprint density at radius 1 is 1.05 bits per heavy atom. The SMILES string of the molecule is Cc1cc(C(C)(C)C)ccc1C(=O)c1cccc(N)c1. The first-order valence-electron chi connectivity index (χ1n) is 6.80. The minimum absolute atomic E-state index is 0.0234. The van der Waals surface area contributed by atoms with Crippen LogP contribution >= 0.6 is 0 Å². The Bertz CT molecular complexity index is 651. The first kappa shape index (κ1) is 14.3. The van der Waals surface area contributed by atoms with Crippen LogP contribution in [0.15, 0.2) is 42.5 Å². The zero-order chi connectivity index (χ0) is 14.9. The summed E-state index contributed by atoms with van der Waals surface area (Å²) in [7, 11) is 0. The smallest absolute Gasteiger partial charge is 0.193 e. The van der Waals surface area contributed by atoms with Gasteiger partial charge in [0.2, 0.25) is 0 Å². The monoisotopic (exact) mass is 267 g/mol. The van der Waals surface area contributed by atoms with Crippen LogP contribution in [0.4, 0.5) is 5.69 Å². The van der Waals surface area contributed by atoms with Gasteiger partial charge in [0.15, 0.2) is 5.78 Å². The first-order valence-corrected chi connectivity index (χ1v) is 6.80. The van der Waals surface area contributed by atoms with Crippen molar-refractivity contribution in [2.45, 2.75) is 33.1 Å². The first-order chi connectivity index (χ1) is 9.29. The molecule has 0 unspecified atom stereocenters. The lowest BCUT2D eigenvalue weighted by atomic mass is 9.84. The van der Waals surface area contributed by atoms with Crippen molar-refractivity contribution < 1.29 is 4.79 Å². The normalized spacial score (nSPS) is 11.4. The van der Waals surface area contributed by atoms with Crippen LogP contribution in [0.1, 0.15) is 47.8 Å². The molecule has 0 saturated heterocycles. The van der Waals surface area contributed by atoms with Crippen molar-refractivity contribution in [1.82, 2.24) is 0 Å². The van der Waals surface area contributed by atoms with E-state index in [0.717, 1.165) is 11.1 Å². The predicted octanol–water partition coefficient (Wildman–Crippen LogP) is 4.11. The summed E-state index contributed by atoms with van der Waals surface area (Å²) in [5, 5.41) is 0. The lowest BCUT2D eigenvalue weighted by molar-refractivity contribution is 0.103. The van der Waals surface area contributed by atoms with E-state index in [1.54, 1.807) is 24.3 Å². The van der Waals surface area contributed by atoms with Crippen molar-refractivity contribution in [3.63, 3.8) is 0 Å². The van der Waals surface area contributed by atoms with E-state index in [4.69, 9.17) is 5.73 Å². The number of nitrogen functional groups attached to an aromatic ring is 1. The van der Waals surface area contributed by atoms with Gasteiger partial charge in [-0.15, -0.1) is 0 Å². The largest absolute Gasteiger partial charge is 0.399 e. The summed E-state index contributed by atoms with van der Waals surface area (Å²) >= 11 is 0. The zero-order valence-corrected chi connectivity index (χ0v) is 12.5. The van der Waals surface area contributed by atoms with Crippen LogP contribution in [0.2, 0.25) is 0 Å². The molecule has 2 heteroatoms. The summed E-state index contributed by atoms with van der Waals surface area (Å²) in [6, 6.07) is 13.2. The van der Waals surface area contributed by atoms with Gasteiger partial charge in [-0.1, -0.05) is 51.1 Å². The van der Waals surface area contributed by atoms with Crippen LogP contribution in [0.5, 0.6) is 0 Å². The van der Waals surface area contributed by atoms with E-state index in [9.17, 15) is 4.79 Å². The van der Waals surface area contributed by atoms with Crippen LogP contribution in [-0.2, 0) is 5.41 Å². The number of anilines is 1. The van der Waals surface area contributed by atoms with Crippen LogP contribution in [0, 0.1) is 6.92 Å². The van der Waals surface area contributed by atoms with Crippen LogP contribution < -0.4 is 5.73 Å². The van der Waals surface area contributed by atoms with Crippen LogP contribution in [-0.4, -0.2) is 5.78 Å². The summed E-state index contributed by atoms with van der Waals surface area (Å²) < 4.78 is 0. The summed E-state index contributed by atoms with van der Waals surface area (Å²) in [4.78, 5) is 12.5. The van der Waals surface area contributed by atoms with E-state index in [-0.39, 0.29) is 11.2 Å². The molecule has 0 aliphatic rings. The Labute approximate surface area is 120 Å². The topological polar surface area (TPSA) is 43.1 Å². The van der Waals surface area contributed by atoms with Crippen molar-refractivity contribution in [1.29, 1.82) is 0 Å². The van der Waals surface area contributed by atoms with Gasteiger partial charge in [0, 0.05) is 16.8 Å². The molecule has 0 heterocycles. The number of hydrogen-bond acceptors (Lipinski definition) is 2. The molecule has 0 aliphatic carbocycles. The number of carbonyl (C=O) groups is 1. The quantitative estimate of drug-likeness (QED) is 0.657. The van der Waals surface area contributed by atoms with Crippen molar-refractivity contribution in [2.24, 2.45) is 0 Å². The molecule has 0 aromatic heterocycles. The highest BCUT2D eigenvalue weighted by Crippen LogP contribution is 2.25. The molecule has 0 fully saturated rings. The number of hydrogen-bond donors (Lipinski definition) is 1. The van der Waals surface area contributed by atoms with E-state index >= 15 is 0 Å². The minimum atomic E-state index is 0.0234. The number of nitrogens with two attached hydrogens (primary N) is 1. The Morgan fingerprint density at radius 2 is 1.75 bits per heavy atom. The summed E-state index contributed by atoms with van der Waals surface area (Å²) in [6.45, 7) is 8.48. The molecular formula is C18H21NO. The molecule has 2 rings (SSSR count). The van der Waals surface area contributed by atoms with E-state index in [1.165, 1.54) is 5.56 Å². The number of benzene rings is 2. The molecular weight excluding hydrogens is 246 g/mol. The highest BCUT2D eigenvalue weighted by Gasteiger charge is 2.17. The molecule has 2 aromatic rings. The van der Waals surface area contributed by atoms with Gasteiger partial charge in [-0.05, 0) is 35.6 Å². The molecule has 0 aliphatic heterocycles. The van der Waals surface area contributed by atoms with Crippen molar-refractivity contribution in [3.8, 4) is 0 Å². The Morgan fingerprint density at radius 3 is 2.30 bits per heavy atom. The van der Waals surface area contributed by atoms with Gasteiger partial charge in [-0.25, -0.2) is 0 Å². The zero-order valence-electron chi connectivity index (χ0n) is 12.5. The molecule has 0 radical (unpaired) electrons. The van der Waals surface area contributed by atoms with Gasteiger partial charge in [-0.3, -0.25) is 4.79 Å². The second-order valence-electron chi connectivity index (χ2n) is 6.23. The van der Waals surface area contributed by atoms with Crippen molar-refractivity contribution >= 4 is 11.5 Å². The molecule has 2 N–H and O–H groups in total. The van der Waals surface area contributed by atoms with Gasteiger partial charge in [-0.2, -0.15) is 0 Å². The predicted molar refractivity (Wildman–Crippen MR) is 84.2 cm³/mol.